The molecule has 0 aliphatic carbocycles. The van der Waals surface area contributed by atoms with Gasteiger partial charge in [0, 0.05) is 48.4 Å². The highest BCUT2D eigenvalue weighted by Crippen LogP contribution is 2.33. The van der Waals surface area contributed by atoms with Crippen molar-refractivity contribution >= 4 is 27.7 Å². The molecule has 4 rings (SSSR count). The first-order valence-corrected chi connectivity index (χ1v) is 8.79. The molecule has 0 unspecified atom stereocenters. The molecule has 0 bridgehead atoms. The van der Waals surface area contributed by atoms with E-state index in [0.717, 1.165) is 10.9 Å². The van der Waals surface area contributed by atoms with Crippen LogP contribution < -0.4 is 10.1 Å². The lowest BCUT2D eigenvalue weighted by atomic mass is 10.1. The molecule has 0 radical (unpaired) electrons. The Morgan fingerprint density at radius 3 is 2.96 bits per heavy atom. The number of carbonyl (C=O) groups is 1. The number of amides is 1. The molecule has 7 heteroatoms. The van der Waals surface area contributed by atoms with Crippen LogP contribution in [0.3, 0.4) is 0 Å². The number of aromatic nitrogens is 2. The number of benzene rings is 2. The second-order valence-electron chi connectivity index (χ2n) is 6.27. The lowest BCUT2D eigenvalue weighted by Gasteiger charge is -2.11. The molecule has 0 fully saturated rings. The summed E-state index contributed by atoms with van der Waals surface area (Å²) in [6, 6.07) is 12.5. The van der Waals surface area contributed by atoms with Gasteiger partial charge in [-0.3, -0.25) is 9.78 Å². The third-order valence-corrected chi connectivity index (χ3v) is 4.41. The number of H-pyrrole nitrogens is 1. The van der Waals surface area contributed by atoms with Crippen LogP contribution in [-0.4, -0.2) is 41.2 Å². The highest BCUT2D eigenvalue weighted by atomic mass is 16.5. The van der Waals surface area contributed by atoms with E-state index < -0.39 is 0 Å². The number of nitrogens with zero attached hydrogens (tertiary/aromatic N) is 1. The monoisotopic (exact) mass is 377 g/mol. The summed E-state index contributed by atoms with van der Waals surface area (Å²) >= 11 is 0. The van der Waals surface area contributed by atoms with Gasteiger partial charge >= 0.3 is 0 Å². The maximum atomic E-state index is 12.4. The minimum atomic E-state index is -0.389. The van der Waals surface area contributed by atoms with E-state index in [1.165, 1.54) is 6.07 Å². The molecule has 0 aliphatic rings. The molecule has 0 saturated carbocycles. The number of carbonyl (C=O) groups excluding carboxylic acids is 1. The predicted octanol–water partition coefficient (Wildman–Crippen LogP) is 3.59. The fourth-order valence-corrected chi connectivity index (χ4v) is 3.01. The smallest absolute Gasteiger partial charge is 0.255 e. The molecule has 7 nitrogen and oxygen atoms in total. The van der Waals surface area contributed by atoms with Crippen LogP contribution in [0.2, 0.25) is 0 Å². The topological polar surface area (TPSA) is 96.5 Å². The molecule has 142 valence electrons. The Kier molecular flexibility index (Phi) is 4.82. The van der Waals surface area contributed by atoms with E-state index in [1.807, 2.05) is 30.5 Å². The summed E-state index contributed by atoms with van der Waals surface area (Å²) in [5.74, 6) is 0.686. The molecule has 0 atom stereocenters. The summed E-state index contributed by atoms with van der Waals surface area (Å²) in [5.41, 5.74) is 1.71. The van der Waals surface area contributed by atoms with E-state index in [4.69, 9.17) is 9.47 Å². The van der Waals surface area contributed by atoms with Gasteiger partial charge in [0.25, 0.3) is 5.91 Å². The number of methoxy groups -OCH3 is 1. The predicted molar refractivity (Wildman–Crippen MR) is 106 cm³/mol. The van der Waals surface area contributed by atoms with Crippen molar-refractivity contribution < 1.29 is 19.4 Å². The number of phenolic OH excluding ortho intramolecular Hbond substituents is 1. The number of ether oxygens (including phenoxy) is 2. The maximum Gasteiger partial charge on any atom is 0.255 e. The molecular weight excluding hydrogens is 358 g/mol. The zero-order valence-corrected chi connectivity index (χ0v) is 15.2. The van der Waals surface area contributed by atoms with Crippen molar-refractivity contribution in [3.05, 3.63) is 60.4 Å². The van der Waals surface area contributed by atoms with E-state index >= 15 is 0 Å². The van der Waals surface area contributed by atoms with Gasteiger partial charge in [-0.2, -0.15) is 0 Å². The Hall–Kier alpha value is -3.58. The number of aromatic hydroxyl groups is 1. The van der Waals surface area contributed by atoms with Crippen LogP contribution in [0.25, 0.3) is 21.8 Å². The quantitative estimate of drug-likeness (QED) is 0.446. The Labute approximate surface area is 160 Å². The van der Waals surface area contributed by atoms with Gasteiger partial charge in [-0.05, 0) is 36.4 Å². The Morgan fingerprint density at radius 1 is 1.21 bits per heavy atom. The van der Waals surface area contributed by atoms with Crippen LogP contribution in [0.15, 0.2) is 54.9 Å². The summed E-state index contributed by atoms with van der Waals surface area (Å²) in [6.07, 6.45) is 3.47. The maximum absolute atomic E-state index is 12.4. The largest absolute Gasteiger partial charge is 0.507 e. The lowest BCUT2D eigenvalue weighted by molar-refractivity contribution is 0.0934. The number of pyridine rings is 1. The van der Waals surface area contributed by atoms with Crippen LogP contribution in [-0.2, 0) is 4.74 Å². The van der Waals surface area contributed by atoms with E-state index in [-0.39, 0.29) is 17.2 Å². The van der Waals surface area contributed by atoms with Crippen molar-refractivity contribution in [2.45, 2.75) is 0 Å². The van der Waals surface area contributed by atoms with Gasteiger partial charge in [0.2, 0.25) is 0 Å². The summed E-state index contributed by atoms with van der Waals surface area (Å²) in [6.45, 7) is 0.734. The molecule has 1 amide bonds. The van der Waals surface area contributed by atoms with Crippen molar-refractivity contribution in [3.8, 4) is 17.2 Å². The summed E-state index contributed by atoms with van der Waals surface area (Å²) in [5, 5.41) is 14.6. The second-order valence-corrected chi connectivity index (χ2v) is 6.27. The number of aromatic amines is 1. The van der Waals surface area contributed by atoms with Gasteiger partial charge in [0.05, 0.1) is 17.7 Å². The Balaban J connectivity index is 1.69. The summed E-state index contributed by atoms with van der Waals surface area (Å²) < 4.78 is 11.0. The normalized spacial score (nSPS) is 11.0. The number of hydrogen-bond donors (Lipinski definition) is 3. The minimum Gasteiger partial charge on any atom is -0.507 e. The van der Waals surface area contributed by atoms with E-state index in [9.17, 15) is 9.90 Å². The lowest BCUT2D eigenvalue weighted by Crippen LogP contribution is -2.27. The zero-order valence-electron chi connectivity index (χ0n) is 15.2. The molecule has 4 aromatic rings. The van der Waals surface area contributed by atoms with Crippen LogP contribution >= 0.6 is 0 Å². The van der Waals surface area contributed by atoms with Crippen molar-refractivity contribution in [1.29, 1.82) is 0 Å². The first-order valence-electron chi connectivity index (χ1n) is 8.79. The molecule has 0 saturated heterocycles. The van der Waals surface area contributed by atoms with Crippen LogP contribution in [0, 0.1) is 0 Å². The molecule has 0 aliphatic heterocycles. The van der Waals surface area contributed by atoms with Crippen LogP contribution in [0.1, 0.15) is 10.4 Å². The standard InChI is InChI=1S/C21H19N3O4/c1-27-9-8-24-21(26)16-11-15-18(12-19(16)25)23-7-5-20(15)28-14-2-3-17-13(10-14)4-6-22-17/h2-7,10-12,22,25H,8-9H2,1H3,(H,24,26). The minimum absolute atomic E-state index is 0.138. The SMILES string of the molecule is COCCNC(=O)c1cc2c(Oc3ccc4[nH]ccc4c3)ccnc2cc1O. The second kappa shape index (κ2) is 7.58. The summed E-state index contributed by atoms with van der Waals surface area (Å²) in [4.78, 5) is 19.8. The average molecular weight is 377 g/mol. The molecular formula is C21H19N3O4. The first-order chi connectivity index (χ1) is 13.7. The molecule has 2 heterocycles. The first kappa shape index (κ1) is 17.8. The third-order valence-electron chi connectivity index (χ3n) is 4.41. The molecule has 2 aromatic carbocycles. The van der Waals surface area contributed by atoms with Crippen molar-refractivity contribution in [3.63, 3.8) is 0 Å². The van der Waals surface area contributed by atoms with Gasteiger partial charge in [0.1, 0.15) is 17.2 Å². The number of fused-ring (bicyclic) bond motifs is 2. The van der Waals surface area contributed by atoms with Crippen LogP contribution in [0.4, 0.5) is 0 Å². The fraction of sp³-hybridized carbons (Fsp3) is 0.143. The number of rotatable bonds is 6. The van der Waals surface area contributed by atoms with Crippen molar-refractivity contribution in [1.82, 2.24) is 15.3 Å². The Morgan fingerprint density at radius 2 is 2.11 bits per heavy atom. The van der Waals surface area contributed by atoms with Gasteiger partial charge < -0.3 is 24.9 Å². The fourth-order valence-electron chi connectivity index (χ4n) is 3.01. The molecule has 0 spiro atoms. The number of phenols is 1. The van der Waals surface area contributed by atoms with E-state index in [2.05, 4.69) is 15.3 Å². The highest BCUT2D eigenvalue weighted by Gasteiger charge is 2.15. The van der Waals surface area contributed by atoms with Crippen molar-refractivity contribution in [2.75, 3.05) is 20.3 Å². The van der Waals surface area contributed by atoms with Gasteiger partial charge in [-0.1, -0.05) is 0 Å². The molecule has 2 aromatic heterocycles. The molecule has 28 heavy (non-hydrogen) atoms. The van der Waals surface area contributed by atoms with Gasteiger partial charge in [-0.25, -0.2) is 0 Å². The highest BCUT2D eigenvalue weighted by molar-refractivity contribution is 6.02. The van der Waals surface area contributed by atoms with Crippen LogP contribution in [0.5, 0.6) is 17.2 Å². The number of nitrogens with one attached hydrogen (secondary N) is 2. The Bertz CT molecular complexity index is 1150. The van der Waals surface area contributed by atoms with E-state index in [1.54, 1.807) is 25.4 Å². The zero-order chi connectivity index (χ0) is 19.5. The average Bonchev–Trinajstić information content (AvgIpc) is 3.15. The third kappa shape index (κ3) is 3.47. The summed E-state index contributed by atoms with van der Waals surface area (Å²) in [7, 11) is 1.56. The van der Waals surface area contributed by atoms with E-state index in [0.29, 0.717) is 35.6 Å². The van der Waals surface area contributed by atoms with Gasteiger partial charge in [-0.15, -0.1) is 0 Å². The number of hydrogen-bond acceptors (Lipinski definition) is 5. The van der Waals surface area contributed by atoms with Gasteiger partial charge in [0.15, 0.2) is 0 Å². The van der Waals surface area contributed by atoms with Crippen molar-refractivity contribution in [2.24, 2.45) is 0 Å². The molecule has 3 N–H and O–H groups in total.